The number of piperazine rings is 1. The van der Waals surface area contributed by atoms with E-state index in [2.05, 4.69) is 0 Å². The third-order valence-electron chi connectivity index (χ3n) is 4.49. The monoisotopic (exact) mass is 380 g/mol. The van der Waals surface area contributed by atoms with E-state index in [0.29, 0.717) is 25.2 Å². The van der Waals surface area contributed by atoms with E-state index in [1.807, 2.05) is 0 Å². The molecule has 0 aromatic heterocycles. The zero-order valence-corrected chi connectivity index (χ0v) is 14.8. The molecule has 1 fully saturated rings. The highest BCUT2D eigenvalue weighted by atomic mass is 32.2. The van der Waals surface area contributed by atoms with Gasteiger partial charge in [0.05, 0.1) is 41.6 Å². The third-order valence-corrected chi connectivity index (χ3v) is 6.39. The third kappa shape index (κ3) is 3.90. The van der Waals surface area contributed by atoms with Crippen molar-refractivity contribution >= 4 is 15.7 Å². The van der Waals surface area contributed by atoms with Crippen molar-refractivity contribution in [2.75, 3.05) is 26.2 Å². The van der Waals surface area contributed by atoms with Crippen molar-refractivity contribution < 1.29 is 22.6 Å². The summed E-state index contributed by atoms with van der Waals surface area (Å²) >= 11 is 0. The Morgan fingerprint density at radius 3 is 2.46 bits per heavy atom. The number of hydrogen-bond donors (Lipinski definition) is 1. The molecule has 3 rings (SSSR count). The van der Waals surface area contributed by atoms with E-state index in [1.54, 1.807) is 18.2 Å². The quantitative estimate of drug-likeness (QED) is 0.615. The molecule has 0 saturated carbocycles. The lowest BCUT2D eigenvalue weighted by molar-refractivity contribution is -0.917. The zero-order valence-electron chi connectivity index (χ0n) is 14.0. The van der Waals surface area contributed by atoms with Crippen LogP contribution < -0.4 is 4.90 Å². The highest BCUT2D eigenvalue weighted by molar-refractivity contribution is 7.89. The van der Waals surface area contributed by atoms with Gasteiger partial charge in [-0.25, -0.2) is 12.8 Å². The van der Waals surface area contributed by atoms with Crippen LogP contribution in [0.1, 0.15) is 5.56 Å². The smallest absolute Gasteiger partial charge is 0.278 e. The lowest BCUT2D eigenvalue weighted by atomic mass is 10.1. The summed E-state index contributed by atoms with van der Waals surface area (Å²) in [6.45, 7) is 2.09. The van der Waals surface area contributed by atoms with Gasteiger partial charge in [-0.3, -0.25) is 10.1 Å². The Balaban J connectivity index is 1.67. The van der Waals surface area contributed by atoms with Gasteiger partial charge in [-0.2, -0.15) is 4.31 Å². The molecule has 1 saturated heterocycles. The maximum Gasteiger partial charge on any atom is 0.278 e. The van der Waals surface area contributed by atoms with E-state index in [4.69, 9.17) is 0 Å². The predicted octanol–water partition coefficient (Wildman–Crippen LogP) is 0.823. The molecule has 1 heterocycles. The van der Waals surface area contributed by atoms with E-state index in [-0.39, 0.29) is 23.7 Å². The number of rotatable bonds is 5. The second-order valence-electron chi connectivity index (χ2n) is 6.17. The second-order valence-corrected chi connectivity index (χ2v) is 8.11. The molecule has 1 aliphatic heterocycles. The number of quaternary nitrogens is 1. The number of nitrogens with zero attached hydrogens (tertiary/aromatic N) is 2. The standard InChI is InChI=1S/C17H18FN3O4S/c18-15-5-3-6-16(12-15)26(24,25)20-10-8-19(9-11-20)13-14-4-1-2-7-17(14)21(22)23/h1-7,12H,8-11,13H2/p+1. The molecule has 9 heteroatoms. The highest BCUT2D eigenvalue weighted by Gasteiger charge is 2.31. The molecule has 0 atom stereocenters. The van der Waals surface area contributed by atoms with Crippen LogP contribution in [0.2, 0.25) is 0 Å². The first-order valence-corrected chi connectivity index (χ1v) is 9.63. The summed E-state index contributed by atoms with van der Waals surface area (Å²) < 4.78 is 39.9. The van der Waals surface area contributed by atoms with E-state index in [0.717, 1.165) is 11.0 Å². The molecule has 2 aromatic rings. The van der Waals surface area contributed by atoms with Gasteiger partial charge in [0.1, 0.15) is 12.4 Å². The van der Waals surface area contributed by atoms with Crippen molar-refractivity contribution in [1.82, 2.24) is 4.31 Å². The van der Waals surface area contributed by atoms with Gasteiger partial charge in [-0.05, 0) is 24.3 Å². The lowest BCUT2D eigenvalue weighted by Crippen LogP contribution is -3.13. The molecule has 0 bridgehead atoms. The number of sulfonamides is 1. The zero-order chi connectivity index (χ0) is 18.7. The number of benzene rings is 2. The van der Waals surface area contributed by atoms with Gasteiger partial charge in [0.15, 0.2) is 0 Å². The molecule has 7 nitrogen and oxygen atoms in total. The van der Waals surface area contributed by atoms with Crippen LogP contribution in [0.15, 0.2) is 53.4 Å². The maximum atomic E-state index is 13.3. The van der Waals surface area contributed by atoms with Gasteiger partial charge in [0.2, 0.25) is 10.0 Å². The minimum Gasteiger partial charge on any atom is -0.329 e. The molecule has 138 valence electrons. The Labute approximate surface area is 150 Å². The van der Waals surface area contributed by atoms with Crippen LogP contribution >= 0.6 is 0 Å². The Hall–Kier alpha value is -2.36. The molecule has 1 N–H and O–H groups in total. The van der Waals surface area contributed by atoms with Gasteiger partial charge in [-0.15, -0.1) is 0 Å². The van der Waals surface area contributed by atoms with Gasteiger partial charge >= 0.3 is 0 Å². The van der Waals surface area contributed by atoms with E-state index < -0.39 is 20.8 Å². The number of halogens is 1. The number of para-hydroxylation sites is 1. The van der Waals surface area contributed by atoms with E-state index in [1.165, 1.54) is 28.6 Å². The van der Waals surface area contributed by atoms with E-state index in [9.17, 15) is 22.9 Å². The number of hydrogen-bond acceptors (Lipinski definition) is 4. The van der Waals surface area contributed by atoms with Crippen molar-refractivity contribution in [3.8, 4) is 0 Å². The minimum atomic E-state index is -3.73. The fraction of sp³-hybridized carbons (Fsp3) is 0.294. The Bertz CT molecular complexity index is 912. The van der Waals surface area contributed by atoms with Crippen molar-refractivity contribution in [2.24, 2.45) is 0 Å². The predicted molar refractivity (Wildman–Crippen MR) is 92.7 cm³/mol. The Kier molecular flexibility index (Phi) is 5.30. The van der Waals surface area contributed by atoms with E-state index >= 15 is 0 Å². The molecule has 0 amide bonds. The molecular formula is C17H19FN3O4S+. The largest absolute Gasteiger partial charge is 0.329 e. The minimum absolute atomic E-state index is 0.0559. The summed E-state index contributed by atoms with van der Waals surface area (Å²) in [4.78, 5) is 11.7. The van der Waals surface area contributed by atoms with Crippen LogP contribution in [0, 0.1) is 15.9 Å². The van der Waals surface area contributed by atoms with Crippen molar-refractivity contribution in [2.45, 2.75) is 11.4 Å². The van der Waals surface area contributed by atoms with Crippen LogP contribution in [-0.2, 0) is 16.6 Å². The summed E-state index contributed by atoms with van der Waals surface area (Å²) in [6.07, 6.45) is 0. The number of nitro benzene ring substituents is 1. The van der Waals surface area contributed by atoms with Crippen molar-refractivity contribution in [3.05, 3.63) is 70.0 Å². The molecule has 0 aliphatic carbocycles. The highest BCUT2D eigenvalue weighted by Crippen LogP contribution is 2.18. The summed E-state index contributed by atoms with van der Waals surface area (Å²) in [5.74, 6) is -0.591. The fourth-order valence-electron chi connectivity index (χ4n) is 3.10. The average Bonchev–Trinajstić information content (AvgIpc) is 2.62. The molecule has 26 heavy (non-hydrogen) atoms. The number of nitro groups is 1. The van der Waals surface area contributed by atoms with Crippen LogP contribution in [-0.4, -0.2) is 43.8 Å². The van der Waals surface area contributed by atoms with Gasteiger partial charge < -0.3 is 4.90 Å². The number of nitrogens with one attached hydrogen (secondary N) is 1. The second kappa shape index (κ2) is 7.48. The maximum absolute atomic E-state index is 13.3. The summed E-state index contributed by atoms with van der Waals surface area (Å²) in [5.41, 5.74) is 0.712. The van der Waals surface area contributed by atoms with Crippen molar-refractivity contribution in [3.63, 3.8) is 0 Å². The topological polar surface area (TPSA) is 85.0 Å². The molecular weight excluding hydrogens is 361 g/mol. The van der Waals surface area contributed by atoms with Crippen molar-refractivity contribution in [1.29, 1.82) is 0 Å². The van der Waals surface area contributed by atoms with Gasteiger partial charge in [-0.1, -0.05) is 18.2 Å². The molecule has 2 aromatic carbocycles. The first-order chi connectivity index (χ1) is 12.4. The first kappa shape index (κ1) is 18.4. The Morgan fingerprint density at radius 1 is 1.12 bits per heavy atom. The fourth-order valence-corrected chi connectivity index (χ4v) is 4.58. The molecule has 1 aliphatic rings. The summed E-state index contributed by atoms with van der Waals surface area (Å²) in [7, 11) is -3.73. The molecule has 0 unspecified atom stereocenters. The summed E-state index contributed by atoms with van der Waals surface area (Å²) in [6, 6.07) is 11.5. The summed E-state index contributed by atoms with van der Waals surface area (Å²) in [5, 5.41) is 11.1. The van der Waals surface area contributed by atoms with Gasteiger partial charge in [0, 0.05) is 6.07 Å². The normalized spacial score (nSPS) is 16.5. The first-order valence-electron chi connectivity index (χ1n) is 8.19. The van der Waals surface area contributed by atoms with Crippen LogP contribution in [0.25, 0.3) is 0 Å². The van der Waals surface area contributed by atoms with Crippen LogP contribution in [0.4, 0.5) is 10.1 Å². The lowest BCUT2D eigenvalue weighted by Gasteiger charge is -2.31. The average molecular weight is 380 g/mol. The van der Waals surface area contributed by atoms with Crippen LogP contribution in [0.3, 0.4) is 0 Å². The Morgan fingerprint density at radius 2 is 1.81 bits per heavy atom. The molecule has 0 spiro atoms. The van der Waals surface area contributed by atoms with Crippen LogP contribution in [0.5, 0.6) is 0 Å². The molecule has 0 radical (unpaired) electrons. The van der Waals surface area contributed by atoms with Gasteiger partial charge in [0.25, 0.3) is 5.69 Å². The SMILES string of the molecule is O=[N+]([O-])c1ccccc1C[NH+]1CCN(S(=O)(=O)c2cccc(F)c2)CC1.